The van der Waals surface area contributed by atoms with Gasteiger partial charge >= 0.3 is 0 Å². The summed E-state index contributed by atoms with van der Waals surface area (Å²) in [6.07, 6.45) is 0. The minimum Gasteiger partial charge on any atom is -0.456 e. The molecule has 0 spiro atoms. The molecule has 4 nitrogen and oxygen atoms in total. The topological polar surface area (TPSA) is 36.5 Å². The minimum atomic E-state index is 0.713. The van der Waals surface area contributed by atoms with E-state index < -0.39 is 0 Å². The first-order valence-corrected chi connectivity index (χ1v) is 11.3. The van der Waals surface area contributed by atoms with Crippen molar-refractivity contribution >= 4 is 43.7 Å². The molecular weight excluding hydrogens is 422 g/mol. The average molecular weight is 439 g/mol. The second kappa shape index (κ2) is 6.42. The van der Waals surface area contributed by atoms with Crippen LogP contribution >= 0.6 is 0 Å². The Morgan fingerprint density at radius 3 is 1.97 bits per heavy atom. The molecule has 5 aromatic carbocycles. The van der Waals surface area contributed by atoms with E-state index >= 15 is 0 Å². The molecule has 1 aliphatic heterocycles. The maximum Gasteiger partial charge on any atom is 0.172 e. The molecule has 0 atom stereocenters. The first kappa shape index (κ1) is 17.8. The summed E-state index contributed by atoms with van der Waals surface area (Å²) < 4.78 is 20.8. The molecule has 0 fully saturated rings. The van der Waals surface area contributed by atoms with Gasteiger partial charge in [0.1, 0.15) is 11.2 Å². The predicted molar refractivity (Wildman–Crippen MR) is 135 cm³/mol. The Morgan fingerprint density at radius 2 is 1.12 bits per heavy atom. The standard InChI is InChI=1S/C30H17NO3/c1-3-9-23-19(7-1)21-16-29-30(34-28-12-6-5-11-27(28)33-29)17-24(21)31(23)18-13-14-26-22(15-18)20-8-2-4-10-25(20)32-26/h1-17H. The van der Waals surface area contributed by atoms with Crippen molar-refractivity contribution in [1.82, 2.24) is 4.57 Å². The lowest BCUT2D eigenvalue weighted by atomic mass is 10.1. The van der Waals surface area contributed by atoms with Crippen LogP contribution in [0.3, 0.4) is 0 Å². The van der Waals surface area contributed by atoms with Crippen molar-refractivity contribution in [2.45, 2.75) is 0 Å². The van der Waals surface area contributed by atoms with Gasteiger partial charge in [0, 0.05) is 33.3 Å². The molecule has 0 aliphatic carbocycles. The third-order valence-electron chi connectivity index (χ3n) is 6.65. The molecule has 0 radical (unpaired) electrons. The van der Waals surface area contributed by atoms with Crippen molar-refractivity contribution in [2.24, 2.45) is 0 Å². The van der Waals surface area contributed by atoms with Gasteiger partial charge in [0.15, 0.2) is 23.0 Å². The summed E-state index contributed by atoms with van der Waals surface area (Å²) in [6, 6.07) is 34.9. The molecule has 0 saturated heterocycles. The van der Waals surface area contributed by atoms with Crippen molar-refractivity contribution in [3.05, 3.63) is 103 Å². The molecule has 4 heteroatoms. The molecule has 3 heterocycles. The minimum absolute atomic E-state index is 0.713. The van der Waals surface area contributed by atoms with Crippen LogP contribution < -0.4 is 9.47 Å². The highest BCUT2D eigenvalue weighted by Crippen LogP contribution is 2.48. The lowest BCUT2D eigenvalue weighted by molar-refractivity contribution is 0.360. The van der Waals surface area contributed by atoms with Gasteiger partial charge in [0.05, 0.1) is 11.0 Å². The Bertz CT molecular complexity index is 1930. The van der Waals surface area contributed by atoms with Crippen molar-refractivity contribution in [1.29, 1.82) is 0 Å². The van der Waals surface area contributed by atoms with Gasteiger partial charge in [-0.25, -0.2) is 0 Å². The van der Waals surface area contributed by atoms with Crippen molar-refractivity contribution < 1.29 is 13.9 Å². The summed E-state index contributed by atoms with van der Waals surface area (Å²) in [5, 5.41) is 4.51. The highest BCUT2D eigenvalue weighted by molar-refractivity contribution is 6.11. The van der Waals surface area contributed by atoms with Crippen molar-refractivity contribution in [3.63, 3.8) is 0 Å². The fourth-order valence-electron chi connectivity index (χ4n) is 5.12. The van der Waals surface area contributed by atoms with E-state index in [1.807, 2.05) is 42.5 Å². The van der Waals surface area contributed by atoms with E-state index in [1.54, 1.807) is 0 Å². The molecule has 1 aliphatic rings. The number of hydrogen-bond acceptors (Lipinski definition) is 3. The third-order valence-corrected chi connectivity index (χ3v) is 6.65. The SMILES string of the molecule is c1ccc2c(c1)Oc1cc3c4ccccc4n(-c4ccc5oc6ccccc6c5c4)c3cc1O2. The number of fused-ring (bicyclic) bond motifs is 8. The molecule has 160 valence electrons. The number of hydrogen-bond donors (Lipinski definition) is 0. The van der Waals surface area contributed by atoms with Crippen LogP contribution in [0.15, 0.2) is 108 Å². The van der Waals surface area contributed by atoms with Crippen LogP contribution in [0.25, 0.3) is 49.4 Å². The number of furan rings is 1. The Morgan fingerprint density at radius 1 is 0.441 bits per heavy atom. The third kappa shape index (κ3) is 2.37. The highest BCUT2D eigenvalue weighted by atomic mass is 16.6. The normalized spacial score (nSPS) is 12.6. The average Bonchev–Trinajstić information content (AvgIpc) is 3.41. The second-order valence-corrected chi connectivity index (χ2v) is 8.60. The number of ether oxygens (including phenoxy) is 2. The second-order valence-electron chi connectivity index (χ2n) is 8.60. The summed E-state index contributed by atoms with van der Waals surface area (Å²) in [5.74, 6) is 2.90. The molecule has 8 rings (SSSR count). The fraction of sp³-hybridized carbons (Fsp3) is 0. The van der Waals surface area contributed by atoms with Gasteiger partial charge in [-0.3, -0.25) is 0 Å². The maximum atomic E-state index is 6.23. The highest BCUT2D eigenvalue weighted by Gasteiger charge is 2.22. The Labute approximate surface area is 194 Å². The van der Waals surface area contributed by atoms with Crippen molar-refractivity contribution in [3.8, 4) is 28.7 Å². The van der Waals surface area contributed by atoms with Crippen LogP contribution in [0.2, 0.25) is 0 Å². The largest absolute Gasteiger partial charge is 0.456 e. The molecule has 34 heavy (non-hydrogen) atoms. The van der Waals surface area contributed by atoms with Gasteiger partial charge in [-0.15, -0.1) is 0 Å². The van der Waals surface area contributed by atoms with E-state index in [0.29, 0.717) is 5.75 Å². The van der Waals surface area contributed by atoms with E-state index in [1.165, 1.54) is 5.39 Å². The molecule has 0 amide bonds. The van der Waals surface area contributed by atoms with E-state index in [4.69, 9.17) is 13.9 Å². The van der Waals surface area contributed by atoms with E-state index in [-0.39, 0.29) is 0 Å². The lowest BCUT2D eigenvalue weighted by Crippen LogP contribution is -1.99. The van der Waals surface area contributed by atoms with Gasteiger partial charge in [-0.2, -0.15) is 0 Å². The summed E-state index contributed by atoms with van der Waals surface area (Å²) in [7, 11) is 0. The quantitative estimate of drug-likeness (QED) is 0.257. The summed E-state index contributed by atoms with van der Waals surface area (Å²) in [4.78, 5) is 0. The van der Waals surface area contributed by atoms with E-state index in [0.717, 1.165) is 61.3 Å². The Kier molecular flexibility index (Phi) is 3.36. The number of benzene rings is 5. The molecule has 0 N–H and O–H groups in total. The van der Waals surface area contributed by atoms with Crippen molar-refractivity contribution in [2.75, 3.05) is 0 Å². The smallest absolute Gasteiger partial charge is 0.172 e. The maximum absolute atomic E-state index is 6.23. The van der Waals surface area contributed by atoms with Gasteiger partial charge in [-0.1, -0.05) is 48.5 Å². The Balaban J connectivity index is 1.43. The van der Waals surface area contributed by atoms with Gasteiger partial charge in [0.2, 0.25) is 0 Å². The molecule has 7 aromatic rings. The van der Waals surface area contributed by atoms with E-state index in [9.17, 15) is 0 Å². The summed E-state index contributed by atoms with van der Waals surface area (Å²) >= 11 is 0. The van der Waals surface area contributed by atoms with Gasteiger partial charge in [0.25, 0.3) is 0 Å². The number of rotatable bonds is 1. The first-order valence-electron chi connectivity index (χ1n) is 11.3. The Hall–Kier alpha value is -4.70. The molecule has 2 aromatic heterocycles. The molecular formula is C30H17NO3. The predicted octanol–water partition coefficient (Wildman–Crippen LogP) is 8.58. The summed E-state index contributed by atoms with van der Waals surface area (Å²) in [5.41, 5.74) is 5.05. The monoisotopic (exact) mass is 439 g/mol. The van der Waals surface area contributed by atoms with Crippen LogP contribution in [0, 0.1) is 0 Å². The summed E-state index contributed by atoms with van der Waals surface area (Å²) in [6.45, 7) is 0. The first-order chi connectivity index (χ1) is 16.8. The van der Waals surface area contributed by atoms with Crippen LogP contribution in [-0.4, -0.2) is 4.57 Å². The van der Waals surface area contributed by atoms with Crippen LogP contribution in [0.5, 0.6) is 23.0 Å². The zero-order valence-electron chi connectivity index (χ0n) is 18.0. The zero-order chi connectivity index (χ0) is 22.2. The van der Waals surface area contributed by atoms with Gasteiger partial charge in [-0.05, 0) is 48.5 Å². The molecule has 0 bridgehead atoms. The van der Waals surface area contributed by atoms with Crippen LogP contribution in [-0.2, 0) is 0 Å². The number of aromatic nitrogens is 1. The number of nitrogens with zero attached hydrogens (tertiary/aromatic N) is 1. The van der Waals surface area contributed by atoms with Gasteiger partial charge < -0.3 is 18.5 Å². The molecule has 0 unspecified atom stereocenters. The van der Waals surface area contributed by atoms with Crippen LogP contribution in [0.4, 0.5) is 0 Å². The number of para-hydroxylation sites is 4. The lowest BCUT2D eigenvalue weighted by Gasteiger charge is -2.20. The van der Waals surface area contributed by atoms with Crippen LogP contribution in [0.1, 0.15) is 0 Å². The molecule has 0 saturated carbocycles. The zero-order valence-corrected chi connectivity index (χ0v) is 18.0. The fourth-order valence-corrected chi connectivity index (χ4v) is 5.12. The van der Waals surface area contributed by atoms with E-state index in [2.05, 4.69) is 65.2 Å².